The van der Waals surface area contributed by atoms with Gasteiger partial charge in [0.1, 0.15) is 5.82 Å². The Morgan fingerprint density at radius 1 is 1.11 bits per heavy atom. The summed E-state index contributed by atoms with van der Waals surface area (Å²) in [5.74, 6) is 2.38. The molecule has 1 aromatic heterocycles. The molecule has 0 aromatic carbocycles. The number of nitrogens with zero attached hydrogens (tertiary/aromatic N) is 2. The van der Waals surface area contributed by atoms with Crippen molar-refractivity contribution in [1.29, 1.82) is 0 Å². The highest BCUT2D eigenvalue weighted by atomic mass is 16.5. The molecule has 4 bridgehead atoms. The fourth-order valence-corrected chi connectivity index (χ4v) is 6.68. The van der Waals surface area contributed by atoms with E-state index in [0.717, 1.165) is 32.1 Å². The summed E-state index contributed by atoms with van der Waals surface area (Å²) in [6.45, 7) is -0.198. The van der Waals surface area contributed by atoms with Gasteiger partial charge in [-0.25, -0.2) is 4.68 Å². The highest BCUT2D eigenvalue weighted by Crippen LogP contribution is 2.60. The summed E-state index contributed by atoms with van der Waals surface area (Å²) in [5, 5.41) is 7.25. The Bertz CT molecular complexity index is 700. The van der Waals surface area contributed by atoms with Crippen molar-refractivity contribution in [1.82, 2.24) is 9.78 Å². The Morgan fingerprint density at radius 2 is 1.74 bits per heavy atom. The third-order valence-corrected chi connectivity index (χ3v) is 7.41. The Morgan fingerprint density at radius 3 is 2.37 bits per heavy atom. The predicted molar refractivity (Wildman–Crippen MR) is 99.9 cm³/mol. The second-order valence-corrected chi connectivity index (χ2v) is 9.42. The number of hydrogen-bond donors (Lipinski definition) is 1. The summed E-state index contributed by atoms with van der Waals surface area (Å²) in [6.07, 6.45) is 13.1. The molecule has 27 heavy (non-hydrogen) atoms. The molecule has 0 spiro atoms. The molecule has 146 valence electrons. The minimum atomic E-state index is -0.305. The first-order valence-electron chi connectivity index (χ1n) is 10.6. The van der Waals surface area contributed by atoms with Crippen LogP contribution in [-0.2, 0) is 14.3 Å². The molecular formula is C21H29N3O3. The fraction of sp³-hybridized carbons (Fsp3) is 0.762. The zero-order valence-electron chi connectivity index (χ0n) is 15.9. The first-order chi connectivity index (χ1) is 13.1. The quantitative estimate of drug-likeness (QED) is 0.801. The highest BCUT2D eigenvalue weighted by Gasteiger charge is 2.55. The van der Waals surface area contributed by atoms with Crippen LogP contribution in [0, 0.1) is 23.2 Å². The van der Waals surface area contributed by atoms with Gasteiger partial charge in [-0.2, -0.15) is 5.10 Å². The molecule has 1 heterocycles. The van der Waals surface area contributed by atoms with Crippen molar-refractivity contribution in [2.24, 2.45) is 23.2 Å². The molecule has 1 aromatic rings. The molecule has 5 fully saturated rings. The van der Waals surface area contributed by atoms with Crippen LogP contribution in [0.5, 0.6) is 0 Å². The number of carbonyl (C=O) groups is 2. The standard InChI is InChI=1S/C21H29N3O3/c25-19(23-18-5-6-22-24(18)17-3-1-2-4-17)13-27-20(26)21-10-14-7-15(11-21)9-16(8-14)12-21/h5-6,14-17H,1-4,7-13H2,(H,23,25). The molecule has 0 atom stereocenters. The molecular weight excluding hydrogens is 342 g/mol. The number of hydrogen-bond acceptors (Lipinski definition) is 4. The number of anilines is 1. The van der Waals surface area contributed by atoms with E-state index < -0.39 is 0 Å². The topological polar surface area (TPSA) is 73.2 Å². The van der Waals surface area contributed by atoms with Crippen LogP contribution in [0.25, 0.3) is 0 Å². The van der Waals surface area contributed by atoms with Crippen molar-refractivity contribution in [2.75, 3.05) is 11.9 Å². The van der Waals surface area contributed by atoms with Gasteiger partial charge < -0.3 is 10.1 Å². The third-order valence-electron chi connectivity index (χ3n) is 7.41. The third kappa shape index (κ3) is 3.17. The van der Waals surface area contributed by atoms with Crippen LogP contribution >= 0.6 is 0 Å². The second-order valence-electron chi connectivity index (χ2n) is 9.42. The zero-order chi connectivity index (χ0) is 18.4. The first-order valence-corrected chi connectivity index (χ1v) is 10.6. The molecule has 5 aliphatic carbocycles. The Hall–Kier alpha value is -1.85. The fourth-order valence-electron chi connectivity index (χ4n) is 6.68. The number of esters is 1. The van der Waals surface area contributed by atoms with Crippen LogP contribution in [0.2, 0.25) is 0 Å². The molecule has 5 aliphatic rings. The largest absolute Gasteiger partial charge is 0.455 e. The lowest BCUT2D eigenvalue weighted by Crippen LogP contribution is -2.50. The molecule has 6 rings (SSSR count). The monoisotopic (exact) mass is 371 g/mol. The highest BCUT2D eigenvalue weighted by molar-refractivity contribution is 5.92. The van der Waals surface area contributed by atoms with E-state index in [2.05, 4.69) is 10.4 Å². The average molecular weight is 371 g/mol. The van der Waals surface area contributed by atoms with Crippen LogP contribution in [0.4, 0.5) is 5.82 Å². The maximum atomic E-state index is 12.9. The van der Waals surface area contributed by atoms with Crippen molar-refractivity contribution in [3.05, 3.63) is 12.3 Å². The van der Waals surface area contributed by atoms with Crippen LogP contribution < -0.4 is 5.32 Å². The molecule has 5 saturated carbocycles. The first kappa shape index (κ1) is 17.3. The van der Waals surface area contributed by atoms with Crippen LogP contribution in [0.15, 0.2) is 12.3 Å². The second kappa shape index (κ2) is 6.64. The SMILES string of the molecule is O=C(COC(=O)C12CC3CC(CC(C3)C1)C2)Nc1ccnn1C1CCCC1. The van der Waals surface area contributed by atoms with E-state index in [1.165, 1.54) is 32.1 Å². The van der Waals surface area contributed by atoms with Gasteiger partial charge in [0, 0.05) is 6.07 Å². The maximum Gasteiger partial charge on any atom is 0.312 e. The van der Waals surface area contributed by atoms with E-state index in [4.69, 9.17) is 4.74 Å². The lowest BCUT2D eigenvalue weighted by atomic mass is 9.49. The summed E-state index contributed by atoms with van der Waals surface area (Å²) in [6, 6.07) is 2.18. The van der Waals surface area contributed by atoms with Gasteiger partial charge >= 0.3 is 5.97 Å². The van der Waals surface area contributed by atoms with Crippen LogP contribution in [-0.4, -0.2) is 28.3 Å². The molecule has 1 N–H and O–H groups in total. The molecule has 0 saturated heterocycles. The Kier molecular flexibility index (Phi) is 4.25. The summed E-state index contributed by atoms with van der Waals surface area (Å²) in [4.78, 5) is 25.2. The van der Waals surface area contributed by atoms with Gasteiger partial charge in [-0.05, 0) is 69.1 Å². The molecule has 6 nitrogen and oxygen atoms in total. The predicted octanol–water partition coefficient (Wildman–Crippen LogP) is 3.70. The van der Waals surface area contributed by atoms with E-state index in [-0.39, 0.29) is 23.9 Å². The number of aromatic nitrogens is 2. The zero-order valence-corrected chi connectivity index (χ0v) is 15.9. The molecule has 1 amide bonds. The normalized spacial score (nSPS) is 34.7. The van der Waals surface area contributed by atoms with Gasteiger partial charge in [-0.15, -0.1) is 0 Å². The summed E-state index contributed by atoms with van der Waals surface area (Å²) in [7, 11) is 0. The van der Waals surface area contributed by atoms with Crippen LogP contribution in [0.3, 0.4) is 0 Å². The lowest BCUT2D eigenvalue weighted by molar-refractivity contribution is -0.172. The maximum absolute atomic E-state index is 12.9. The van der Waals surface area contributed by atoms with Gasteiger partial charge in [0.15, 0.2) is 6.61 Å². The Balaban J connectivity index is 1.18. The van der Waals surface area contributed by atoms with E-state index >= 15 is 0 Å². The van der Waals surface area contributed by atoms with Crippen LogP contribution in [0.1, 0.15) is 70.3 Å². The number of nitrogens with one attached hydrogen (secondary N) is 1. The van der Waals surface area contributed by atoms with Gasteiger partial charge in [0.05, 0.1) is 17.7 Å². The van der Waals surface area contributed by atoms with Crippen molar-refractivity contribution in [3.8, 4) is 0 Å². The van der Waals surface area contributed by atoms with Gasteiger partial charge in [-0.3, -0.25) is 9.59 Å². The Labute approximate surface area is 160 Å². The molecule has 0 aliphatic heterocycles. The van der Waals surface area contributed by atoms with E-state index in [0.29, 0.717) is 29.6 Å². The van der Waals surface area contributed by atoms with Crippen molar-refractivity contribution in [2.45, 2.75) is 70.3 Å². The minimum Gasteiger partial charge on any atom is -0.455 e. The lowest BCUT2D eigenvalue weighted by Gasteiger charge is -2.55. The summed E-state index contributed by atoms with van der Waals surface area (Å²) < 4.78 is 7.43. The smallest absolute Gasteiger partial charge is 0.312 e. The number of ether oxygens (including phenoxy) is 1. The van der Waals surface area contributed by atoms with E-state index in [1.807, 2.05) is 10.7 Å². The average Bonchev–Trinajstić information content (AvgIpc) is 3.29. The molecule has 0 radical (unpaired) electrons. The van der Waals surface area contributed by atoms with Gasteiger partial charge in [-0.1, -0.05) is 12.8 Å². The number of carbonyl (C=O) groups excluding carboxylic acids is 2. The van der Waals surface area contributed by atoms with Gasteiger partial charge in [0.2, 0.25) is 0 Å². The van der Waals surface area contributed by atoms with Crippen molar-refractivity contribution in [3.63, 3.8) is 0 Å². The summed E-state index contributed by atoms with van der Waals surface area (Å²) >= 11 is 0. The number of amides is 1. The minimum absolute atomic E-state index is 0.138. The molecule has 6 heteroatoms. The summed E-state index contributed by atoms with van der Waals surface area (Å²) in [5.41, 5.74) is -0.305. The molecule has 0 unspecified atom stereocenters. The van der Waals surface area contributed by atoms with E-state index in [9.17, 15) is 9.59 Å². The number of rotatable bonds is 5. The van der Waals surface area contributed by atoms with Crippen molar-refractivity contribution < 1.29 is 14.3 Å². The van der Waals surface area contributed by atoms with Crippen molar-refractivity contribution >= 4 is 17.7 Å². The van der Waals surface area contributed by atoms with Gasteiger partial charge in [0.25, 0.3) is 5.91 Å². The van der Waals surface area contributed by atoms with E-state index in [1.54, 1.807) is 6.20 Å².